The van der Waals surface area contributed by atoms with Crippen LogP contribution in [0.25, 0.3) is 0 Å². The van der Waals surface area contributed by atoms with Crippen LogP contribution in [-0.2, 0) is 0 Å². The predicted molar refractivity (Wildman–Crippen MR) is 90.0 cm³/mol. The lowest BCUT2D eigenvalue weighted by Crippen LogP contribution is -2.16. The molecule has 0 unspecified atom stereocenters. The third-order valence-corrected chi connectivity index (χ3v) is 2.22. The first-order valence-corrected chi connectivity index (χ1v) is 7.34. The molecule has 1 amide bonds. The highest BCUT2D eigenvalue weighted by Crippen LogP contribution is 2.12. The molecule has 0 aliphatic rings. The number of aryl methyl sites for hydroxylation is 1. The van der Waals surface area contributed by atoms with Gasteiger partial charge in [-0.05, 0) is 36.8 Å². The number of anilines is 1. The van der Waals surface area contributed by atoms with Crippen LogP contribution in [0.2, 0.25) is 0 Å². The van der Waals surface area contributed by atoms with Gasteiger partial charge in [0.1, 0.15) is 5.75 Å². The standard InChI is InChI=1S/C14H13NO2.2C2H6/c1-11-6-5-7-12(10-11)15-14(16)17-13-8-3-2-4-9-13;2*1-2/h2-10H,1H3,(H,15,16);2*1-2H3. The van der Waals surface area contributed by atoms with Gasteiger partial charge in [-0.25, -0.2) is 4.79 Å². The second-order valence-electron chi connectivity index (χ2n) is 3.70. The monoisotopic (exact) mass is 287 g/mol. The van der Waals surface area contributed by atoms with Crippen LogP contribution < -0.4 is 10.1 Å². The van der Waals surface area contributed by atoms with Gasteiger partial charge in [-0.1, -0.05) is 58.0 Å². The van der Waals surface area contributed by atoms with Gasteiger partial charge >= 0.3 is 6.09 Å². The lowest BCUT2D eigenvalue weighted by molar-refractivity contribution is 0.215. The lowest BCUT2D eigenvalue weighted by atomic mass is 10.2. The SMILES string of the molecule is CC.CC.Cc1cccc(NC(=O)Oc2ccccc2)c1. The van der Waals surface area contributed by atoms with E-state index in [1.54, 1.807) is 12.1 Å². The van der Waals surface area contributed by atoms with E-state index in [9.17, 15) is 4.79 Å². The fourth-order valence-electron chi connectivity index (χ4n) is 1.46. The maximum Gasteiger partial charge on any atom is 0.417 e. The summed E-state index contributed by atoms with van der Waals surface area (Å²) in [5.74, 6) is 0.526. The van der Waals surface area contributed by atoms with Gasteiger partial charge in [0.2, 0.25) is 0 Å². The molecule has 0 aliphatic carbocycles. The van der Waals surface area contributed by atoms with Crippen molar-refractivity contribution in [2.45, 2.75) is 34.6 Å². The zero-order valence-electron chi connectivity index (χ0n) is 13.5. The molecule has 0 aromatic heterocycles. The van der Waals surface area contributed by atoms with Crippen LogP contribution in [0.3, 0.4) is 0 Å². The second kappa shape index (κ2) is 11.5. The Labute approximate surface area is 128 Å². The lowest BCUT2D eigenvalue weighted by Gasteiger charge is -2.06. The van der Waals surface area contributed by atoms with E-state index in [2.05, 4.69) is 5.32 Å². The molecule has 3 nitrogen and oxygen atoms in total. The number of ether oxygens (including phenoxy) is 1. The van der Waals surface area contributed by atoms with Gasteiger partial charge in [0.15, 0.2) is 0 Å². The van der Waals surface area contributed by atoms with Crippen LogP contribution >= 0.6 is 0 Å². The summed E-state index contributed by atoms with van der Waals surface area (Å²) in [5, 5.41) is 2.67. The Hall–Kier alpha value is -2.29. The average molecular weight is 287 g/mol. The third kappa shape index (κ3) is 7.78. The molecule has 2 rings (SSSR count). The molecule has 2 aromatic rings. The first-order chi connectivity index (χ1) is 10.2. The highest BCUT2D eigenvalue weighted by Gasteiger charge is 2.04. The Kier molecular flexibility index (Phi) is 10.3. The molecule has 0 heterocycles. The van der Waals surface area contributed by atoms with E-state index in [1.165, 1.54) is 0 Å². The van der Waals surface area contributed by atoms with Gasteiger partial charge in [0, 0.05) is 5.69 Å². The van der Waals surface area contributed by atoms with E-state index in [0.717, 1.165) is 11.3 Å². The smallest absolute Gasteiger partial charge is 0.410 e. The Bertz CT molecular complexity index is 510. The third-order valence-electron chi connectivity index (χ3n) is 2.22. The number of hydrogen-bond acceptors (Lipinski definition) is 2. The van der Waals surface area contributed by atoms with Gasteiger partial charge in [0.25, 0.3) is 0 Å². The zero-order chi connectivity index (χ0) is 16.1. The predicted octanol–water partition coefficient (Wildman–Crippen LogP) is 5.66. The molecule has 3 heteroatoms. The van der Waals surface area contributed by atoms with Crippen LogP contribution in [0.4, 0.5) is 10.5 Å². The number of rotatable bonds is 2. The van der Waals surface area contributed by atoms with Gasteiger partial charge in [0.05, 0.1) is 0 Å². The van der Waals surface area contributed by atoms with Crippen LogP contribution in [-0.4, -0.2) is 6.09 Å². The van der Waals surface area contributed by atoms with Crippen LogP contribution in [0.15, 0.2) is 54.6 Å². The van der Waals surface area contributed by atoms with E-state index < -0.39 is 6.09 Å². The molecule has 0 radical (unpaired) electrons. The Morgan fingerprint density at radius 2 is 1.52 bits per heavy atom. The number of amides is 1. The van der Waals surface area contributed by atoms with Crippen molar-refractivity contribution in [3.8, 4) is 5.75 Å². The van der Waals surface area contributed by atoms with E-state index in [0.29, 0.717) is 5.75 Å². The van der Waals surface area contributed by atoms with Gasteiger partial charge in [-0.15, -0.1) is 0 Å². The highest BCUT2D eigenvalue weighted by molar-refractivity contribution is 5.86. The minimum atomic E-state index is -0.484. The summed E-state index contributed by atoms with van der Waals surface area (Å²) < 4.78 is 5.11. The van der Waals surface area contributed by atoms with E-state index in [4.69, 9.17) is 4.74 Å². The highest BCUT2D eigenvalue weighted by atomic mass is 16.6. The van der Waals surface area contributed by atoms with Crippen LogP contribution in [0.1, 0.15) is 33.3 Å². The first kappa shape index (κ1) is 18.7. The van der Waals surface area contributed by atoms with Crippen molar-refractivity contribution in [3.63, 3.8) is 0 Å². The number of carbonyl (C=O) groups is 1. The maximum absolute atomic E-state index is 11.6. The molecular weight excluding hydrogens is 262 g/mol. The Morgan fingerprint density at radius 1 is 0.905 bits per heavy atom. The van der Waals surface area contributed by atoms with Crippen LogP contribution in [0.5, 0.6) is 5.75 Å². The topological polar surface area (TPSA) is 38.3 Å². The van der Waals surface area contributed by atoms with E-state index in [1.807, 2.05) is 77.1 Å². The molecule has 2 aromatic carbocycles. The molecule has 0 atom stereocenters. The van der Waals surface area contributed by atoms with Gasteiger partial charge in [-0.3, -0.25) is 5.32 Å². The first-order valence-electron chi connectivity index (χ1n) is 7.34. The molecule has 0 saturated carbocycles. The van der Waals surface area contributed by atoms with E-state index >= 15 is 0 Å². The van der Waals surface area contributed by atoms with Gasteiger partial charge in [-0.2, -0.15) is 0 Å². The average Bonchev–Trinajstić information content (AvgIpc) is 2.52. The van der Waals surface area contributed by atoms with Crippen molar-refractivity contribution in [2.24, 2.45) is 0 Å². The summed E-state index contributed by atoms with van der Waals surface area (Å²) in [6.07, 6.45) is -0.484. The number of nitrogens with one attached hydrogen (secondary N) is 1. The Balaban J connectivity index is 0.000000921. The fourth-order valence-corrected chi connectivity index (χ4v) is 1.46. The largest absolute Gasteiger partial charge is 0.417 e. The fraction of sp³-hybridized carbons (Fsp3) is 0.278. The summed E-state index contributed by atoms with van der Waals surface area (Å²) in [6.45, 7) is 9.97. The summed E-state index contributed by atoms with van der Waals surface area (Å²) in [6, 6.07) is 16.5. The number of benzene rings is 2. The molecule has 1 N–H and O–H groups in total. The van der Waals surface area contributed by atoms with E-state index in [-0.39, 0.29) is 0 Å². The summed E-state index contributed by atoms with van der Waals surface area (Å²) in [5.41, 5.74) is 1.81. The van der Waals surface area contributed by atoms with Crippen molar-refractivity contribution < 1.29 is 9.53 Å². The van der Waals surface area contributed by atoms with Crippen molar-refractivity contribution in [1.82, 2.24) is 0 Å². The van der Waals surface area contributed by atoms with Crippen molar-refractivity contribution in [1.29, 1.82) is 0 Å². The molecule has 21 heavy (non-hydrogen) atoms. The normalized spacial score (nSPS) is 8.43. The quantitative estimate of drug-likeness (QED) is 0.774. The molecule has 0 bridgehead atoms. The summed E-state index contributed by atoms with van der Waals surface area (Å²) >= 11 is 0. The maximum atomic E-state index is 11.6. The molecule has 0 saturated heterocycles. The minimum absolute atomic E-state index is 0.484. The van der Waals surface area contributed by atoms with Crippen molar-refractivity contribution in [3.05, 3.63) is 60.2 Å². The zero-order valence-corrected chi connectivity index (χ0v) is 13.5. The molecule has 114 valence electrons. The van der Waals surface area contributed by atoms with Crippen molar-refractivity contribution >= 4 is 11.8 Å². The molecule has 0 fully saturated rings. The molecular formula is C18H25NO2. The number of carbonyl (C=O) groups excluding carboxylic acids is 1. The second-order valence-corrected chi connectivity index (χ2v) is 3.70. The number of para-hydroxylation sites is 1. The molecule has 0 aliphatic heterocycles. The minimum Gasteiger partial charge on any atom is -0.410 e. The molecule has 0 spiro atoms. The Morgan fingerprint density at radius 3 is 2.10 bits per heavy atom. The number of hydrogen-bond donors (Lipinski definition) is 1. The van der Waals surface area contributed by atoms with Crippen molar-refractivity contribution in [2.75, 3.05) is 5.32 Å². The summed E-state index contributed by atoms with van der Waals surface area (Å²) in [4.78, 5) is 11.6. The van der Waals surface area contributed by atoms with Crippen LogP contribution in [0, 0.1) is 6.92 Å². The van der Waals surface area contributed by atoms with Gasteiger partial charge < -0.3 is 4.74 Å². The summed E-state index contributed by atoms with van der Waals surface area (Å²) in [7, 11) is 0.